The van der Waals surface area contributed by atoms with Gasteiger partial charge in [0.15, 0.2) is 11.3 Å². The zero-order chi connectivity index (χ0) is 13.6. The second-order valence-corrected chi connectivity index (χ2v) is 5.04. The van der Waals surface area contributed by atoms with E-state index in [4.69, 9.17) is 13.9 Å². The van der Waals surface area contributed by atoms with E-state index in [0.29, 0.717) is 17.1 Å². The van der Waals surface area contributed by atoms with Crippen molar-refractivity contribution in [2.24, 2.45) is 0 Å². The normalized spacial score (nSPS) is 15.9. The van der Waals surface area contributed by atoms with Crippen molar-refractivity contribution in [2.45, 2.75) is 19.4 Å². The van der Waals surface area contributed by atoms with Crippen molar-refractivity contribution in [3.63, 3.8) is 0 Å². The van der Waals surface area contributed by atoms with Crippen LogP contribution in [0.4, 0.5) is 0 Å². The first kappa shape index (κ1) is 11.8. The molecule has 0 saturated heterocycles. The molecule has 1 aliphatic rings. The highest BCUT2D eigenvalue weighted by Gasteiger charge is 2.26. The van der Waals surface area contributed by atoms with E-state index in [1.54, 1.807) is 6.07 Å². The number of hydrogen-bond acceptors (Lipinski definition) is 4. The van der Waals surface area contributed by atoms with Crippen molar-refractivity contribution in [1.82, 2.24) is 0 Å². The molecule has 19 heavy (non-hydrogen) atoms. The summed E-state index contributed by atoms with van der Waals surface area (Å²) in [6.45, 7) is 3.91. The van der Waals surface area contributed by atoms with Gasteiger partial charge in [-0.1, -0.05) is 6.08 Å². The fourth-order valence-electron chi connectivity index (χ4n) is 2.19. The second-order valence-electron chi connectivity index (χ2n) is 5.04. The van der Waals surface area contributed by atoms with Gasteiger partial charge in [0, 0.05) is 17.0 Å². The van der Waals surface area contributed by atoms with Crippen molar-refractivity contribution >= 4 is 17.0 Å². The lowest BCUT2D eigenvalue weighted by Crippen LogP contribution is -2.27. The van der Waals surface area contributed by atoms with Crippen LogP contribution in [-0.2, 0) is 0 Å². The summed E-state index contributed by atoms with van der Waals surface area (Å²) in [5.74, 6) is 1.07. The number of rotatable bonds is 1. The largest absolute Gasteiger partial charge is 0.490 e. The van der Waals surface area contributed by atoms with E-state index in [0.717, 1.165) is 10.9 Å². The SMILES string of the molecule is COc1c2c(cc3ccc(=O)oc13)C=CC(C)(C)O2. The Hall–Kier alpha value is -2.23. The van der Waals surface area contributed by atoms with Crippen LogP contribution in [0.1, 0.15) is 19.4 Å². The van der Waals surface area contributed by atoms with Gasteiger partial charge in [-0.3, -0.25) is 0 Å². The minimum atomic E-state index is -0.414. The van der Waals surface area contributed by atoms with Crippen LogP contribution in [0.25, 0.3) is 17.0 Å². The van der Waals surface area contributed by atoms with E-state index in [1.165, 1.54) is 13.2 Å². The summed E-state index contributed by atoms with van der Waals surface area (Å²) in [7, 11) is 1.54. The molecule has 0 saturated carbocycles. The van der Waals surface area contributed by atoms with Crippen LogP contribution in [0.5, 0.6) is 11.5 Å². The van der Waals surface area contributed by atoms with E-state index < -0.39 is 11.2 Å². The first-order valence-corrected chi connectivity index (χ1v) is 6.03. The topological polar surface area (TPSA) is 48.7 Å². The number of methoxy groups -OCH3 is 1. The molecule has 0 radical (unpaired) electrons. The van der Waals surface area contributed by atoms with Gasteiger partial charge in [0.05, 0.1) is 7.11 Å². The van der Waals surface area contributed by atoms with Gasteiger partial charge < -0.3 is 13.9 Å². The second kappa shape index (κ2) is 3.88. The summed E-state index contributed by atoms with van der Waals surface area (Å²) >= 11 is 0. The van der Waals surface area contributed by atoms with E-state index >= 15 is 0 Å². The monoisotopic (exact) mass is 258 g/mol. The summed E-state index contributed by atoms with van der Waals surface area (Å²) in [5, 5.41) is 0.808. The third-order valence-electron chi connectivity index (χ3n) is 3.08. The van der Waals surface area contributed by atoms with E-state index in [9.17, 15) is 4.79 Å². The molecular weight excluding hydrogens is 244 g/mol. The Morgan fingerprint density at radius 3 is 2.79 bits per heavy atom. The fourth-order valence-corrected chi connectivity index (χ4v) is 2.19. The van der Waals surface area contributed by atoms with Gasteiger partial charge in [-0.25, -0.2) is 4.79 Å². The van der Waals surface area contributed by atoms with Crippen molar-refractivity contribution in [3.05, 3.63) is 40.3 Å². The summed E-state index contributed by atoms with van der Waals surface area (Å²) in [5.41, 5.74) is 0.511. The third kappa shape index (κ3) is 1.89. The molecule has 1 aliphatic heterocycles. The van der Waals surface area contributed by atoms with E-state index in [-0.39, 0.29) is 0 Å². The maximum atomic E-state index is 11.4. The average Bonchev–Trinajstić information content (AvgIpc) is 2.35. The predicted octanol–water partition coefficient (Wildman–Crippen LogP) is 2.99. The van der Waals surface area contributed by atoms with Gasteiger partial charge >= 0.3 is 5.63 Å². The predicted molar refractivity (Wildman–Crippen MR) is 72.8 cm³/mol. The molecule has 1 aromatic heterocycles. The van der Waals surface area contributed by atoms with Crippen LogP contribution in [0.2, 0.25) is 0 Å². The summed E-state index contributed by atoms with van der Waals surface area (Å²) in [6.07, 6.45) is 3.98. The van der Waals surface area contributed by atoms with Crippen molar-refractivity contribution in [2.75, 3.05) is 7.11 Å². The number of hydrogen-bond donors (Lipinski definition) is 0. The average molecular weight is 258 g/mol. The molecule has 0 unspecified atom stereocenters. The molecule has 4 heteroatoms. The van der Waals surface area contributed by atoms with Crippen LogP contribution in [-0.4, -0.2) is 12.7 Å². The molecule has 2 aromatic rings. The number of ether oxygens (including phenoxy) is 2. The van der Waals surface area contributed by atoms with E-state index in [1.807, 2.05) is 32.1 Å². The molecular formula is C15H14O4. The molecule has 0 aliphatic carbocycles. The Balaban J connectivity index is 2.37. The highest BCUT2D eigenvalue weighted by Crippen LogP contribution is 2.43. The third-order valence-corrected chi connectivity index (χ3v) is 3.08. The summed E-state index contributed by atoms with van der Waals surface area (Å²) in [6, 6.07) is 5.03. The maximum Gasteiger partial charge on any atom is 0.336 e. The van der Waals surface area contributed by atoms with Crippen LogP contribution >= 0.6 is 0 Å². The van der Waals surface area contributed by atoms with Crippen molar-refractivity contribution in [3.8, 4) is 11.5 Å². The smallest absolute Gasteiger partial charge is 0.336 e. The lowest BCUT2D eigenvalue weighted by Gasteiger charge is -2.29. The molecule has 0 fully saturated rings. The van der Waals surface area contributed by atoms with E-state index in [2.05, 4.69) is 0 Å². The Morgan fingerprint density at radius 1 is 1.26 bits per heavy atom. The lowest BCUT2D eigenvalue weighted by molar-refractivity contribution is 0.152. The van der Waals surface area contributed by atoms with Crippen LogP contribution in [0.15, 0.2) is 33.5 Å². The van der Waals surface area contributed by atoms with Gasteiger partial charge in [-0.2, -0.15) is 0 Å². The Bertz CT molecular complexity index is 738. The molecule has 3 rings (SSSR count). The lowest BCUT2D eigenvalue weighted by atomic mass is 10.0. The molecule has 0 spiro atoms. The van der Waals surface area contributed by atoms with Gasteiger partial charge in [0.2, 0.25) is 5.75 Å². The van der Waals surface area contributed by atoms with Crippen LogP contribution in [0, 0.1) is 0 Å². The Kier molecular flexibility index (Phi) is 2.42. The highest BCUT2D eigenvalue weighted by molar-refractivity contribution is 5.89. The van der Waals surface area contributed by atoms with Crippen LogP contribution < -0.4 is 15.1 Å². The van der Waals surface area contributed by atoms with Gasteiger partial charge in [-0.15, -0.1) is 0 Å². The fraction of sp³-hybridized carbons (Fsp3) is 0.267. The minimum Gasteiger partial charge on any atom is -0.490 e. The van der Waals surface area contributed by atoms with Crippen molar-refractivity contribution in [1.29, 1.82) is 0 Å². The molecule has 1 aromatic carbocycles. The molecule has 0 N–H and O–H groups in total. The molecule has 0 bridgehead atoms. The molecule has 2 heterocycles. The molecule has 0 atom stereocenters. The minimum absolute atomic E-state index is 0.406. The summed E-state index contributed by atoms with van der Waals surface area (Å²) in [4.78, 5) is 11.4. The Morgan fingerprint density at radius 2 is 2.05 bits per heavy atom. The summed E-state index contributed by atoms with van der Waals surface area (Å²) < 4.78 is 16.5. The van der Waals surface area contributed by atoms with Crippen LogP contribution in [0.3, 0.4) is 0 Å². The Labute approximate surface area is 110 Å². The first-order valence-electron chi connectivity index (χ1n) is 6.03. The maximum absolute atomic E-state index is 11.4. The zero-order valence-electron chi connectivity index (χ0n) is 11.0. The zero-order valence-corrected chi connectivity index (χ0v) is 11.0. The first-order chi connectivity index (χ1) is 9.00. The molecule has 4 nitrogen and oxygen atoms in total. The van der Waals surface area contributed by atoms with Gasteiger partial charge in [-0.05, 0) is 32.1 Å². The molecule has 98 valence electrons. The van der Waals surface area contributed by atoms with Gasteiger partial charge in [0.25, 0.3) is 0 Å². The number of fused-ring (bicyclic) bond motifs is 2. The highest BCUT2D eigenvalue weighted by atomic mass is 16.5. The van der Waals surface area contributed by atoms with Crippen molar-refractivity contribution < 1.29 is 13.9 Å². The van der Waals surface area contributed by atoms with Gasteiger partial charge in [0.1, 0.15) is 5.60 Å². The standard InChI is InChI=1S/C15H14O4/c1-15(2)7-6-10-8-9-4-5-11(16)18-12(9)14(17-3)13(10)19-15/h4-8H,1-3H3. The molecule has 0 amide bonds. The quantitative estimate of drug-likeness (QED) is 0.738. The number of benzene rings is 1.